The number of hydrogen-bond donors (Lipinski definition) is 2. The van der Waals surface area contributed by atoms with E-state index in [1.165, 1.54) is 0 Å². The minimum Gasteiger partial charge on any atom is -0.328 e. The van der Waals surface area contributed by atoms with E-state index in [9.17, 15) is 4.79 Å². The number of amides is 1. The molecule has 1 aromatic carbocycles. The summed E-state index contributed by atoms with van der Waals surface area (Å²) in [6.07, 6.45) is 4.62. The van der Waals surface area contributed by atoms with Crippen LogP contribution in [-0.2, 0) is 11.3 Å². The molecule has 2 aromatic rings. The summed E-state index contributed by atoms with van der Waals surface area (Å²) in [7, 11) is 0. The Morgan fingerprint density at radius 1 is 1.38 bits per heavy atom. The molecular formula is C15H21ClN4O. The summed E-state index contributed by atoms with van der Waals surface area (Å²) in [6.45, 7) is 2.58. The lowest BCUT2D eigenvalue weighted by atomic mass is 10.2. The lowest BCUT2D eigenvalue weighted by molar-refractivity contribution is -0.116. The zero-order valence-corrected chi connectivity index (χ0v) is 12.8. The number of benzene rings is 1. The van der Waals surface area contributed by atoms with Crippen molar-refractivity contribution in [2.45, 2.75) is 32.4 Å². The number of nitrogens with one attached hydrogen (secondary N) is 1. The van der Waals surface area contributed by atoms with Gasteiger partial charge in [0.25, 0.3) is 0 Å². The first-order valence-electron chi connectivity index (χ1n) is 6.75. The Hall–Kier alpha value is -1.85. The Kier molecular flexibility index (Phi) is 6.91. The number of carbonyl (C=O) groups is 1. The van der Waals surface area contributed by atoms with Crippen LogP contribution in [0.2, 0.25) is 0 Å². The maximum atomic E-state index is 11.8. The highest BCUT2D eigenvalue weighted by atomic mass is 35.5. The topological polar surface area (TPSA) is 72.9 Å². The zero-order valence-electron chi connectivity index (χ0n) is 12.0. The number of nitrogens with zero attached hydrogens (tertiary/aromatic N) is 2. The largest absolute Gasteiger partial charge is 0.328 e. The van der Waals surface area contributed by atoms with Crippen LogP contribution in [0, 0.1) is 0 Å². The van der Waals surface area contributed by atoms with E-state index in [0.29, 0.717) is 25.3 Å². The van der Waals surface area contributed by atoms with E-state index < -0.39 is 0 Å². The molecule has 0 aliphatic rings. The summed E-state index contributed by atoms with van der Waals surface area (Å²) in [5.41, 5.74) is 6.81. The molecule has 1 heterocycles. The number of aromatic nitrogens is 2. The normalized spacial score (nSPS) is 11.5. The molecule has 1 amide bonds. The van der Waals surface area contributed by atoms with Gasteiger partial charge in [-0.3, -0.25) is 10.1 Å². The van der Waals surface area contributed by atoms with Crippen LogP contribution in [0.5, 0.6) is 0 Å². The Morgan fingerprint density at radius 2 is 2.10 bits per heavy atom. The summed E-state index contributed by atoms with van der Waals surface area (Å²) in [4.78, 5) is 16.0. The quantitative estimate of drug-likeness (QED) is 0.860. The molecular weight excluding hydrogens is 288 g/mol. The Bertz CT molecular complexity index is 554. The van der Waals surface area contributed by atoms with E-state index in [1.54, 1.807) is 6.20 Å². The summed E-state index contributed by atoms with van der Waals surface area (Å²) in [6, 6.07) is 10.1. The molecule has 2 rings (SSSR count). The van der Waals surface area contributed by atoms with Gasteiger partial charge in [0.1, 0.15) is 0 Å². The van der Waals surface area contributed by atoms with Gasteiger partial charge >= 0.3 is 0 Å². The summed E-state index contributed by atoms with van der Waals surface area (Å²) in [5, 5.41) is 2.82. The predicted octanol–water partition coefficient (Wildman–Crippen LogP) is 2.42. The molecule has 1 unspecified atom stereocenters. The maximum Gasteiger partial charge on any atom is 0.226 e. The highest BCUT2D eigenvalue weighted by Crippen LogP contribution is 2.10. The minimum absolute atomic E-state index is 0. The Balaban J connectivity index is 0.00000220. The molecule has 5 nitrogen and oxygen atoms in total. The van der Waals surface area contributed by atoms with Gasteiger partial charge in [-0.1, -0.05) is 30.3 Å². The van der Waals surface area contributed by atoms with Crippen LogP contribution in [0.15, 0.2) is 42.7 Å². The number of hydrogen-bond acceptors (Lipinski definition) is 3. The second kappa shape index (κ2) is 8.44. The fourth-order valence-electron chi connectivity index (χ4n) is 1.89. The van der Waals surface area contributed by atoms with Crippen LogP contribution in [0.25, 0.3) is 0 Å². The van der Waals surface area contributed by atoms with Crippen molar-refractivity contribution >= 4 is 24.3 Å². The third kappa shape index (κ3) is 5.57. The molecule has 0 aliphatic carbocycles. The number of halogens is 1. The van der Waals surface area contributed by atoms with Crippen molar-refractivity contribution in [3.63, 3.8) is 0 Å². The van der Waals surface area contributed by atoms with Crippen molar-refractivity contribution in [1.29, 1.82) is 0 Å². The van der Waals surface area contributed by atoms with Gasteiger partial charge in [-0.15, -0.1) is 12.4 Å². The minimum atomic E-state index is -0.0530. The molecule has 114 valence electrons. The fraction of sp³-hybridized carbons (Fsp3) is 0.333. The molecule has 0 saturated heterocycles. The van der Waals surface area contributed by atoms with Crippen molar-refractivity contribution in [3.05, 3.63) is 48.3 Å². The van der Waals surface area contributed by atoms with Gasteiger partial charge in [0.2, 0.25) is 11.9 Å². The second-order valence-corrected chi connectivity index (χ2v) is 4.93. The SMILES string of the molecule is CC(N)CCC(=O)Nc1nccn1Cc1ccccc1.Cl. The monoisotopic (exact) mass is 308 g/mol. The first kappa shape index (κ1) is 17.2. The third-order valence-corrected chi connectivity index (χ3v) is 2.99. The summed E-state index contributed by atoms with van der Waals surface area (Å²) < 4.78 is 1.92. The van der Waals surface area contributed by atoms with Gasteiger partial charge < -0.3 is 10.3 Å². The molecule has 21 heavy (non-hydrogen) atoms. The van der Waals surface area contributed by atoms with Gasteiger partial charge in [0, 0.05) is 24.9 Å². The van der Waals surface area contributed by atoms with E-state index in [4.69, 9.17) is 5.73 Å². The van der Waals surface area contributed by atoms with Crippen LogP contribution in [0.4, 0.5) is 5.95 Å². The average Bonchev–Trinajstić information content (AvgIpc) is 2.85. The molecule has 6 heteroatoms. The Labute approximate surface area is 131 Å². The van der Waals surface area contributed by atoms with Crippen LogP contribution in [0.3, 0.4) is 0 Å². The van der Waals surface area contributed by atoms with Crippen molar-refractivity contribution in [2.24, 2.45) is 5.73 Å². The van der Waals surface area contributed by atoms with Crippen molar-refractivity contribution in [3.8, 4) is 0 Å². The maximum absolute atomic E-state index is 11.8. The van der Waals surface area contributed by atoms with Gasteiger partial charge in [-0.25, -0.2) is 4.98 Å². The fourth-order valence-corrected chi connectivity index (χ4v) is 1.89. The lowest BCUT2D eigenvalue weighted by Crippen LogP contribution is -2.21. The molecule has 1 atom stereocenters. The van der Waals surface area contributed by atoms with Gasteiger partial charge in [0.15, 0.2) is 0 Å². The second-order valence-electron chi connectivity index (χ2n) is 4.93. The van der Waals surface area contributed by atoms with Crippen LogP contribution < -0.4 is 11.1 Å². The van der Waals surface area contributed by atoms with Crippen molar-refractivity contribution < 1.29 is 4.79 Å². The number of nitrogens with two attached hydrogens (primary N) is 1. The van der Waals surface area contributed by atoms with Gasteiger partial charge in [-0.05, 0) is 18.9 Å². The highest BCUT2D eigenvalue weighted by Gasteiger charge is 2.08. The highest BCUT2D eigenvalue weighted by molar-refractivity contribution is 5.89. The number of rotatable bonds is 6. The smallest absolute Gasteiger partial charge is 0.226 e. The molecule has 0 radical (unpaired) electrons. The predicted molar refractivity (Wildman–Crippen MR) is 86.5 cm³/mol. The number of anilines is 1. The average molecular weight is 309 g/mol. The molecule has 0 saturated carbocycles. The van der Waals surface area contributed by atoms with E-state index >= 15 is 0 Å². The molecule has 1 aromatic heterocycles. The van der Waals surface area contributed by atoms with E-state index in [0.717, 1.165) is 5.56 Å². The van der Waals surface area contributed by atoms with Crippen LogP contribution in [0.1, 0.15) is 25.3 Å². The van der Waals surface area contributed by atoms with Crippen LogP contribution in [-0.4, -0.2) is 21.5 Å². The molecule has 0 fully saturated rings. The van der Waals surface area contributed by atoms with E-state index in [1.807, 2.05) is 48.0 Å². The van der Waals surface area contributed by atoms with E-state index in [2.05, 4.69) is 10.3 Å². The standard InChI is InChI=1S/C15H20N4O.ClH/c1-12(16)7-8-14(20)18-15-17-9-10-19(15)11-13-5-3-2-4-6-13;/h2-6,9-10,12H,7-8,11,16H2,1H3,(H,17,18,20);1H. The molecule has 0 spiro atoms. The number of imidazole rings is 1. The molecule has 0 aliphatic heterocycles. The van der Waals surface area contributed by atoms with Crippen LogP contribution >= 0.6 is 12.4 Å². The van der Waals surface area contributed by atoms with E-state index in [-0.39, 0.29) is 24.4 Å². The summed E-state index contributed by atoms with van der Waals surface area (Å²) in [5.74, 6) is 0.520. The van der Waals surface area contributed by atoms with Crippen molar-refractivity contribution in [1.82, 2.24) is 9.55 Å². The first-order valence-corrected chi connectivity index (χ1v) is 6.75. The number of carbonyl (C=O) groups excluding carboxylic acids is 1. The zero-order chi connectivity index (χ0) is 14.4. The third-order valence-electron chi connectivity index (χ3n) is 2.99. The molecule has 3 N–H and O–H groups in total. The van der Waals surface area contributed by atoms with Gasteiger partial charge in [-0.2, -0.15) is 0 Å². The first-order chi connectivity index (χ1) is 9.65. The molecule has 0 bridgehead atoms. The van der Waals surface area contributed by atoms with Crippen molar-refractivity contribution in [2.75, 3.05) is 5.32 Å². The van der Waals surface area contributed by atoms with Gasteiger partial charge in [0.05, 0.1) is 6.54 Å². The Morgan fingerprint density at radius 3 is 2.76 bits per heavy atom. The summed E-state index contributed by atoms with van der Waals surface area (Å²) >= 11 is 0. The lowest BCUT2D eigenvalue weighted by Gasteiger charge is -2.09.